The van der Waals surface area contributed by atoms with Gasteiger partial charge in [0.2, 0.25) is 0 Å². The predicted octanol–water partition coefficient (Wildman–Crippen LogP) is 3.78. The van der Waals surface area contributed by atoms with Crippen molar-refractivity contribution >= 4 is 46.0 Å². The molecule has 1 N–H and O–H groups in total. The maximum atomic E-state index is 14.2. The number of anilines is 1. The highest BCUT2D eigenvalue weighted by Gasteiger charge is 2.32. The summed E-state index contributed by atoms with van der Waals surface area (Å²) in [5, 5.41) is 3.02. The lowest BCUT2D eigenvalue weighted by Gasteiger charge is -2.37. The Morgan fingerprint density at radius 3 is 2.91 bits per heavy atom. The topological polar surface area (TPSA) is 54.5 Å². The molecule has 1 aliphatic rings. The van der Waals surface area contributed by atoms with E-state index in [0.29, 0.717) is 24.7 Å². The van der Waals surface area contributed by atoms with E-state index in [1.54, 1.807) is 33.0 Å². The van der Waals surface area contributed by atoms with Crippen LogP contribution in [-0.4, -0.2) is 42.0 Å². The first kappa shape index (κ1) is 18.5. The van der Waals surface area contributed by atoms with Crippen LogP contribution in [-0.2, 0) is 4.74 Å². The van der Waals surface area contributed by atoms with Crippen molar-refractivity contribution in [2.24, 2.45) is 0 Å². The number of ether oxygens (including phenoxy) is 1. The van der Waals surface area contributed by atoms with E-state index < -0.39 is 23.9 Å². The molecule has 1 saturated heterocycles. The molecule has 2 atom stereocenters. The zero-order valence-corrected chi connectivity index (χ0v) is 16.2. The minimum absolute atomic E-state index is 0.330. The molecule has 0 saturated carbocycles. The molecule has 23 heavy (non-hydrogen) atoms. The summed E-state index contributed by atoms with van der Waals surface area (Å²) in [6.45, 7) is 6.23. The van der Waals surface area contributed by atoms with Crippen LogP contribution in [0.3, 0.4) is 0 Å². The fraction of sp³-hybridized carbons (Fsp3) is 0.600. The summed E-state index contributed by atoms with van der Waals surface area (Å²) >= 11 is 8.12. The lowest BCUT2D eigenvalue weighted by atomic mass is 10.0. The van der Waals surface area contributed by atoms with Gasteiger partial charge in [-0.25, -0.2) is 14.2 Å². The van der Waals surface area contributed by atoms with Gasteiger partial charge in [0.05, 0.1) is 15.3 Å². The van der Waals surface area contributed by atoms with E-state index in [0.717, 1.165) is 9.26 Å². The number of piperidine rings is 1. The van der Waals surface area contributed by atoms with Crippen LogP contribution < -0.4 is 10.2 Å². The van der Waals surface area contributed by atoms with E-state index >= 15 is 0 Å². The number of nitrogens with one attached hydrogen (secondary N) is 1. The van der Waals surface area contributed by atoms with E-state index in [1.165, 1.54) is 0 Å². The van der Waals surface area contributed by atoms with Crippen molar-refractivity contribution in [1.82, 2.24) is 10.3 Å². The quantitative estimate of drug-likeness (QED) is 0.545. The van der Waals surface area contributed by atoms with Crippen molar-refractivity contribution in [3.8, 4) is 0 Å². The molecule has 1 amide bonds. The standard InChI is InChI=1S/C15H20ClFIN3O2/c1-15(2,3)23-14(22)20-11-8-21(5-4-9(11)17)12-6-13(16)19-7-10(12)18/h6-7,9,11H,4-5,8H2,1-3H3,(H,20,22)/t9-,11-/m1/s1. The molecule has 5 nitrogen and oxygen atoms in total. The van der Waals surface area contributed by atoms with Crippen molar-refractivity contribution in [2.45, 2.75) is 45.0 Å². The average Bonchev–Trinajstić information content (AvgIpc) is 2.42. The zero-order chi connectivity index (χ0) is 17.2. The monoisotopic (exact) mass is 455 g/mol. The van der Waals surface area contributed by atoms with Gasteiger partial charge in [0, 0.05) is 19.3 Å². The van der Waals surface area contributed by atoms with Crippen LogP contribution in [0.1, 0.15) is 27.2 Å². The number of nitrogens with zero attached hydrogens (tertiary/aromatic N) is 2. The third-order valence-corrected chi connectivity index (χ3v) is 4.41. The summed E-state index contributed by atoms with van der Waals surface area (Å²) in [6.07, 6.45) is 0.301. The van der Waals surface area contributed by atoms with Gasteiger partial charge in [0.1, 0.15) is 16.9 Å². The number of pyridine rings is 1. The van der Waals surface area contributed by atoms with Crippen LogP contribution in [0.4, 0.5) is 14.9 Å². The highest BCUT2D eigenvalue weighted by molar-refractivity contribution is 14.1. The van der Waals surface area contributed by atoms with Crippen molar-refractivity contribution in [3.05, 3.63) is 21.0 Å². The number of amides is 1. The van der Waals surface area contributed by atoms with Crippen molar-refractivity contribution < 1.29 is 13.9 Å². The number of carbonyl (C=O) groups is 1. The first-order valence-electron chi connectivity index (χ1n) is 7.35. The maximum Gasteiger partial charge on any atom is 0.408 e. The molecular formula is C15H20ClFIN3O2. The molecule has 2 heterocycles. The van der Waals surface area contributed by atoms with Gasteiger partial charge >= 0.3 is 6.09 Å². The Kier molecular flexibility index (Phi) is 5.94. The summed E-state index contributed by atoms with van der Waals surface area (Å²) in [5.74, 6) is 0. The number of hydrogen-bond donors (Lipinski definition) is 1. The lowest BCUT2D eigenvalue weighted by Crippen LogP contribution is -2.54. The van der Waals surface area contributed by atoms with Gasteiger partial charge in [-0.05, 0) is 55.8 Å². The van der Waals surface area contributed by atoms with E-state index in [4.69, 9.17) is 16.3 Å². The number of alkyl carbamates (subject to hydrolysis) is 1. The van der Waals surface area contributed by atoms with Crippen molar-refractivity contribution in [3.63, 3.8) is 0 Å². The third-order valence-electron chi connectivity index (χ3n) is 3.37. The maximum absolute atomic E-state index is 14.2. The normalized spacial score (nSPS) is 21.9. The van der Waals surface area contributed by atoms with Gasteiger partial charge in [0.25, 0.3) is 0 Å². The summed E-state index contributed by atoms with van der Waals surface area (Å²) in [4.78, 5) is 17.9. The molecular weight excluding hydrogens is 436 g/mol. The highest BCUT2D eigenvalue weighted by atomic mass is 127. The lowest BCUT2D eigenvalue weighted by molar-refractivity contribution is 0.0466. The Hall–Kier alpha value is -0.830. The zero-order valence-electron chi connectivity index (χ0n) is 13.3. The van der Waals surface area contributed by atoms with Gasteiger partial charge in [-0.15, -0.1) is 0 Å². The Morgan fingerprint density at radius 2 is 2.26 bits per heavy atom. The summed E-state index contributed by atoms with van der Waals surface area (Å²) in [6, 6.07) is 1.13. The first-order chi connectivity index (χ1) is 10.7. The Bertz CT molecular complexity index is 582. The smallest absolute Gasteiger partial charge is 0.408 e. The van der Waals surface area contributed by atoms with Gasteiger partial charge in [-0.1, -0.05) is 11.6 Å². The highest BCUT2D eigenvalue weighted by Crippen LogP contribution is 2.28. The number of hydrogen-bond acceptors (Lipinski definition) is 4. The molecule has 0 aliphatic carbocycles. The predicted molar refractivity (Wildman–Crippen MR) is 96.8 cm³/mol. The molecule has 8 heteroatoms. The van der Waals surface area contributed by atoms with Crippen molar-refractivity contribution in [2.75, 3.05) is 18.0 Å². The summed E-state index contributed by atoms with van der Waals surface area (Å²) in [5.41, 5.74) is 0.284. The third kappa shape index (κ3) is 5.34. The van der Waals surface area contributed by atoms with Gasteiger partial charge in [-0.3, -0.25) is 0 Å². The minimum Gasteiger partial charge on any atom is -0.444 e. The molecule has 0 spiro atoms. The summed E-state index contributed by atoms with van der Waals surface area (Å²) in [7, 11) is 0. The Balaban J connectivity index is 2.07. The van der Waals surface area contributed by atoms with Crippen LogP contribution in [0.5, 0.6) is 0 Å². The molecule has 0 unspecified atom stereocenters. The Morgan fingerprint density at radius 1 is 1.57 bits per heavy atom. The van der Waals surface area contributed by atoms with Crippen LogP contribution in [0, 0.1) is 3.57 Å². The molecule has 0 bridgehead atoms. The number of rotatable bonds is 2. The van der Waals surface area contributed by atoms with Gasteiger partial charge in [-0.2, -0.15) is 0 Å². The molecule has 0 aromatic carbocycles. The molecule has 0 radical (unpaired) electrons. The van der Waals surface area contributed by atoms with E-state index in [9.17, 15) is 9.18 Å². The molecule has 1 fully saturated rings. The molecule has 2 rings (SSSR count). The van der Waals surface area contributed by atoms with Crippen molar-refractivity contribution in [1.29, 1.82) is 0 Å². The van der Waals surface area contributed by atoms with Crippen LogP contribution >= 0.6 is 34.2 Å². The molecule has 128 valence electrons. The minimum atomic E-state index is -1.10. The fourth-order valence-corrected chi connectivity index (χ4v) is 3.17. The van der Waals surface area contributed by atoms with E-state index in [-0.39, 0.29) is 0 Å². The summed E-state index contributed by atoms with van der Waals surface area (Å²) < 4.78 is 20.3. The number of halogens is 3. The van der Waals surface area contributed by atoms with Gasteiger partial charge in [0.15, 0.2) is 0 Å². The fourth-order valence-electron chi connectivity index (χ4n) is 2.38. The largest absolute Gasteiger partial charge is 0.444 e. The Labute approximate surface area is 154 Å². The second kappa shape index (κ2) is 7.38. The molecule has 1 aromatic heterocycles. The average molecular weight is 456 g/mol. The SMILES string of the molecule is CC(C)(C)OC(=O)N[C@@H]1CN(c2cc(Cl)ncc2I)CC[C@H]1F. The number of carbonyl (C=O) groups excluding carboxylic acids is 1. The molecule has 1 aromatic rings. The number of aromatic nitrogens is 1. The first-order valence-corrected chi connectivity index (χ1v) is 8.81. The van der Waals surface area contributed by atoms with Crippen LogP contribution in [0.2, 0.25) is 5.15 Å². The van der Waals surface area contributed by atoms with Gasteiger partial charge < -0.3 is 15.0 Å². The van der Waals surface area contributed by atoms with Crippen LogP contribution in [0.25, 0.3) is 0 Å². The second-order valence-electron chi connectivity index (χ2n) is 6.46. The number of alkyl halides is 1. The second-order valence-corrected chi connectivity index (χ2v) is 8.01. The molecule has 1 aliphatic heterocycles. The van der Waals surface area contributed by atoms with E-state index in [1.807, 2.05) is 4.90 Å². The van der Waals surface area contributed by atoms with E-state index in [2.05, 4.69) is 32.9 Å². The van der Waals surface area contributed by atoms with Crippen LogP contribution in [0.15, 0.2) is 12.3 Å².